The minimum atomic E-state index is 0.252. The lowest BCUT2D eigenvalue weighted by atomic mass is 9.96. The van der Waals surface area contributed by atoms with Crippen LogP contribution >= 0.6 is 0 Å². The molecule has 2 aliphatic rings. The zero-order valence-corrected chi connectivity index (χ0v) is 18.9. The zero-order valence-electron chi connectivity index (χ0n) is 18.9. The third kappa shape index (κ3) is 5.74. The van der Waals surface area contributed by atoms with Crippen molar-refractivity contribution in [3.8, 4) is 0 Å². The summed E-state index contributed by atoms with van der Waals surface area (Å²) in [5.41, 5.74) is 2.83. The number of ether oxygens (including phenoxy) is 1. The molecular weight excluding hydrogens is 366 g/mol. The first-order valence-electron chi connectivity index (χ1n) is 12.2. The Bertz CT molecular complexity index is 730. The summed E-state index contributed by atoms with van der Waals surface area (Å²) in [6, 6.07) is 23.3. The monoisotopic (exact) mass is 405 g/mol. The number of benzene rings is 2. The Balaban J connectivity index is 1.31. The predicted molar refractivity (Wildman–Crippen MR) is 126 cm³/mol. The van der Waals surface area contributed by atoms with Gasteiger partial charge in [-0.25, -0.2) is 0 Å². The molecule has 2 saturated heterocycles. The van der Waals surface area contributed by atoms with Crippen molar-refractivity contribution in [2.45, 2.75) is 89.5 Å². The van der Waals surface area contributed by atoms with Gasteiger partial charge in [0, 0.05) is 12.1 Å². The molecule has 0 N–H and O–H groups in total. The second kappa shape index (κ2) is 10.6. The fourth-order valence-electron chi connectivity index (χ4n) is 5.51. The van der Waals surface area contributed by atoms with E-state index in [0.29, 0.717) is 6.10 Å². The molecule has 2 aromatic carbocycles. The first kappa shape index (κ1) is 21.6. The molecule has 162 valence electrons. The van der Waals surface area contributed by atoms with Gasteiger partial charge in [0.05, 0.1) is 12.2 Å². The van der Waals surface area contributed by atoms with Crippen LogP contribution in [0.5, 0.6) is 0 Å². The average Bonchev–Trinajstić information content (AvgIpc) is 3.00. The molecular formula is C28H39NO. The summed E-state index contributed by atoms with van der Waals surface area (Å²) in [6.45, 7) is 5.87. The molecule has 30 heavy (non-hydrogen) atoms. The minimum absolute atomic E-state index is 0.252. The third-order valence-electron chi connectivity index (χ3n) is 7.10. The highest BCUT2D eigenvalue weighted by molar-refractivity contribution is 5.18. The largest absolute Gasteiger partial charge is 0.370 e. The molecule has 2 unspecified atom stereocenters. The number of piperidine rings is 1. The molecule has 2 fully saturated rings. The van der Waals surface area contributed by atoms with Gasteiger partial charge in [-0.1, -0.05) is 74.5 Å². The second-order valence-electron chi connectivity index (χ2n) is 9.81. The second-order valence-corrected chi connectivity index (χ2v) is 9.81. The van der Waals surface area contributed by atoms with Gasteiger partial charge in [-0.3, -0.25) is 4.90 Å². The van der Waals surface area contributed by atoms with E-state index >= 15 is 0 Å². The SMILES string of the molecule is CC(C)CCC(OC1C[C@H]2CC[C@@H](C1)N2CCCc1ccccc1)c1ccccc1. The molecule has 2 bridgehead atoms. The fraction of sp³-hybridized carbons (Fsp3) is 0.571. The lowest BCUT2D eigenvalue weighted by molar-refractivity contribution is -0.0667. The van der Waals surface area contributed by atoms with Gasteiger partial charge in [-0.15, -0.1) is 0 Å². The van der Waals surface area contributed by atoms with Gasteiger partial charge >= 0.3 is 0 Å². The van der Waals surface area contributed by atoms with Gasteiger partial charge < -0.3 is 4.74 Å². The lowest BCUT2D eigenvalue weighted by Crippen LogP contribution is -2.46. The molecule has 2 heteroatoms. The van der Waals surface area contributed by atoms with E-state index in [1.807, 2.05) is 0 Å². The van der Waals surface area contributed by atoms with Crippen molar-refractivity contribution in [2.75, 3.05) is 6.54 Å². The maximum Gasteiger partial charge on any atom is 0.0828 e. The van der Waals surface area contributed by atoms with Gasteiger partial charge in [-0.2, -0.15) is 0 Å². The number of aryl methyl sites for hydroxylation is 1. The van der Waals surface area contributed by atoms with E-state index in [-0.39, 0.29) is 6.10 Å². The maximum atomic E-state index is 6.80. The molecule has 0 aromatic heterocycles. The van der Waals surface area contributed by atoms with Gasteiger partial charge in [0.15, 0.2) is 0 Å². The number of hydrogen-bond acceptors (Lipinski definition) is 2. The van der Waals surface area contributed by atoms with Crippen LogP contribution in [0.25, 0.3) is 0 Å². The Morgan fingerprint density at radius 2 is 1.50 bits per heavy atom. The Morgan fingerprint density at radius 1 is 0.867 bits per heavy atom. The van der Waals surface area contributed by atoms with Crippen molar-refractivity contribution < 1.29 is 4.74 Å². The Hall–Kier alpha value is -1.64. The molecule has 0 amide bonds. The molecule has 0 saturated carbocycles. The van der Waals surface area contributed by atoms with Crippen LogP contribution in [0.4, 0.5) is 0 Å². The van der Waals surface area contributed by atoms with Crippen LogP contribution in [-0.4, -0.2) is 29.6 Å². The van der Waals surface area contributed by atoms with Gasteiger partial charge in [0.1, 0.15) is 0 Å². The van der Waals surface area contributed by atoms with Crippen LogP contribution in [-0.2, 0) is 11.2 Å². The van der Waals surface area contributed by atoms with Crippen LogP contribution in [0.3, 0.4) is 0 Å². The summed E-state index contributed by atoms with van der Waals surface area (Å²) in [7, 11) is 0. The minimum Gasteiger partial charge on any atom is -0.370 e. The van der Waals surface area contributed by atoms with Crippen molar-refractivity contribution in [3.05, 3.63) is 71.8 Å². The van der Waals surface area contributed by atoms with E-state index in [0.717, 1.165) is 24.4 Å². The molecule has 4 rings (SSSR count). The van der Waals surface area contributed by atoms with E-state index < -0.39 is 0 Å². The topological polar surface area (TPSA) is 12.5 Å². The van der Waals surface area contributed by atoms with Crippen molar-refractivity contribution in [1.82, 2.24) is 4.90 Å². The summed E-state index contributed by atoms with van der Waals surface area (Å²) in [5.74, 6) is 0.724. The fourth-order valence-corrected chi connectivity index (χ4v) is 5.51. The van der Waals surface area contributed by atoms with E-state index in [2.05, 4.69) is 79.4 Å². The molecule has 2 nitrogen and oxygen atoms in total. The standard InChI is InChI=1S/C28H39NO/c1-22(2)15-18-28(24-13-7-4-8-14-24)30-27-20-25-16-17-26(21-27)29(25)19-9-12-23-10-5-3-6-11-23/h3-8,10-11,13-14,22,25-28H,9,12,15-21H2,1-2H3/t25-,26+,27?,28?. The van der Waals surface area contributed by atoms with Crippen LogP contribution in [0.2, 0.25) is 0 Å². The molecule has 0 spiro atoms. The summed E-state index contributed by atoms with van der Waals surface area (Å²) in [5, 5.41) is 0. The van der Waals surface area contributed by atoms with E-state index in [9.17, 15) is 0 Å². The summed E-state index contributed by atoms with van der Waals surface area (Å²) in [4.78, 5) is 2.81. The number of hydrogen-bond donors (Lipinski definition) is 0. The molecule has 2 aromatic rings. The third-order valence-corrected chi connectivity index (χ3v) is 7.10. The van der Waals surface area contributed by atoms with E-state index in [1.165, 1.54) is 62.6 Å². The van der Waals surface area contributed by atoms with Crippen molar-refractivity contribution in [1.29, 1.82) is 0 Å². The van der Waals surface area contributed by atoms with Crippen LogP contribution in [0.1, 0.15) is 76.0 Å². The molecule has 2 aliphatic heterocycles. The van der Waals surface area contributed by atoms with E-state index in [4.69, 9.17) is 4.74 Å². The Kier molecular flexibility index (Phi) is 7.62. The summed E-state index contributed by atoms with van der Waals surface area (Å²) in [6.07, 6.45) is 10.6. The number of nitrogens with zero attached hydrogens (tertiary/aromatic N) is 1. The predicted octanol–water partition coefficient (Wildman–Crippen LogP) is 6.81. The molecule has 2 heterocycles. The summed E-state index contributed by atoms with van der Waals surface area (Å²) >= 11 is 0. The average molecular weight is 406 g/mol. The highest BCUT2D eigenvalue weighted by atomic mass is 16.5. The maximum absolute atomic E-state index is 6.80. The zero-order chi connectivity index (χ0) is 20.8. The number of rotatable bonds is 10. The van der Waals surface area contributed by atoms with Gasteiger partial charge in [0.25, 0.3) is 0 Å². The Labute approximate surface area is 183 Å². The first-order chi connectivity index (χ1) is 14.7. The highest BCUT2D eigenvalue weighted by Crippen LogP contribution is 2.39. The van der Waals surface area contributed by atoms with Gasteiger partial charge in [0.2, 0.25) is 0 Å². The van der Waals surface area contributed by atoms with Crippen molar-refractivity contribution >= 4 is 0 Å². The van der Waals surface area contributed by atoms with Crippen LogP contribution in [0.15, 0.2) is 60.7 Å². The van der Waals surface area contributed by atoms with Crippen molar-refractivity contribution in [2.24, 2.45) is 5.92 Å². The van der Waals surface area contributed by atoms with E-state index in [1.54, 1.807) is 0 Å². The molecule has 0 aliphatic carbocycles. The normalized spacial score (nSPS) is 25.0. The highest BCUT2D eigenvalue weighted by Gasteiger charge is 2.41. The smallest absolute Gasteiger partial charge is 0.0828 e. The Morgan fingerprint density at radius 3 is 2.13 bits per heavy atom. The summed E-state index contributed by atoms with van der Waals surface area (Å²) < 4.78 is 6.80. The van der Waals surface area contributed by atoms with Crippen molar-refractivity contribution in [3.63, 3.8) is 0 Å². The number of fused-ring (bicyclic) bond motifs is 2. The van der Waals surface area contributed by atoms with Crippen LogP contribution < -0.4 is 0 Å². The quantitative estimate of drug-likeness (QED) is 0.430. The van der Waals surface area contributed by atoms with Gasteiger partial charge in [-0.05, 0) is 75.0 Å². The molecule has 0 radical (unpaired) electrons. The lowest BCUT2D eigenvalue weighted by Gasteiger charge is -2.40. The van der Waals surface area contributed by atoms with Crippen LogP contribution in [0, 0.1) is 5.92 Å². The molecule has 4 atom stereocenters. The first-order valence-corrected chi connectivity index (χ1v) is 12.2.